The van der Waals surface area contributed by atoms with Gasteiger partial charge in [-0.05, 0) is 128 Å². The molecule has 1 aliphatic rings. The Hall–Kier alpha value is -6.64. The average molecular weight is 695 g/mol. The molecule has 1 aliphatic heterocycles. The fourth-order valence-electron chi connectivity index (χ4n) is 8.38. The van der Waals surface area contributed by atoms with Crippen LogP contribution in [0, 0.1) is 0 Å². The summed E-state index contributed by atoms with van der Waals surface area (Å²) < 4.78 is 12.6. The lowest BCUT2D eigenvalue weighted by Gasteiger charge is -2.18. The van der Waals surface area contributed by atoms with Gasteiger partial charge < -0.3 is 9.15 Å². The maximum Gasteiger partial charge on any atom is 0.136 e. The summed E-state index contributed by atoms with van der Waals surface area (Å²) in [6.45, 7) is 4.46. The van der Waals surface area contributed by atoms with Crippen molar-refractivity contribution in [3.8, 4) is 5.75 Å². The second-order valence-electron chi connectivity index (χ2n) is 14.5. The summed E-state index contributed by atoms with van der Waals surface area (Å²) in [5, 5.41) is 12.2. The van der Waals surface area contributed by atoms with Crippen molar-refractivity contribution in [2.24, 2.45) is 0 Å². The lowest BCUT2D eigenvalue weighted by molar-refractivity contribution is 0.447. The molecular weight excluding hydrogens is 657 g/mol. The largest absolute Gasteiger partial charge is 0.461 e. The minimum absolute atomic E-state index is 0.762. The van der Waals surface area contributed by atoms with Gasteiger partial charge in [0.05, 0.1) is 0 Å². The molecule has 0 amide bonds. The molecule has 258 valence electrons. The molecule has 0 saturated carbocycles. The standard InChI is InChI=1S/C52H38O2/c1-33(13-3-4-14-35-24-25-36-15-5-6-16-37(36)27-35)51-43-18-7-9-20-45(43)52(46-21-10-8-19-44(46)51)34(2)23-26-41-29-40-28-38-30-47-42-17-11-12-22-48(42)54-50(47)32-39(38)31-49(40)53-41/h3-13,15-28,30-32H,14,29H2,1-2H3/b4-3-,33-13+,34-23+,41-26+. The van der Waals surface area contributed by atoms with Crippen LogP contribution in [0.2, 0.25) is 0 Å². The number of benzene rings is 8. The summed E-state index contributed by atoms with van der Waals surface area (Å²) in [7, 11) is 0. The molecule has 0 aliphatic carbocycles. The minimum atomic E-state index is 0.762. The molecule has 0 N–H and O–H groups in total. The van der Waals surface area contributed by atoms with Gasteiger partial charge in [0, 0.05) is 22.8 Å². The lowest BCUT2D eigenvalue weighted by Crippen LogP contribution is -1.94. The maximum absolute atomic E-state index is 6.46. The number of ether oxygens (including phenoxy) is 1. The van der Waals surface area contributed by atoms with E-state index in [1.165, 1.54) is 71.1 Å². The van der Waals surface area contributed by atoms with Crippen molar-refractivity contribution >= 4 is 76.2 Å². The molecule has 0 spiro atoms. The highest BCUT2D eigenvalue weighted by Gasteiger charge is 2.20. The highest BCUT2D eigenvalue weighted by atomic mass is 16.5. The Kier molecular flexibility index (Phi) is 7.77. The Balaban J connectivity index is 0.967. The van der Waals surface area contributed by atoms with Crippen molar-refractivity contribution in [3.63, 3.8) is 0 Å². The first-order chi connectivity index (χ1) is 26.6. The fraction of sp³-hybridized carbons (Fsp3) is 0.0769. The molecule has 2 heterocycles. The quantitative estimate of drug-likeness (QED) is 0.128. The van der Waals surface area contributed by atoms with E-state index in [-0.39, 0.29) is 0 Å². The Morgan fingerprint density at radius 2 is 1.17 bits per heavy atom. The summed E-state index contributed by atoms with van der Waals surface area (Å²) in [5.74, 6) is 1.87. The normalized spacial score (nSPS) is 14.4. The van der Waals surface area contributed by atoms with E-state index in [1.54, 1.807) is 0 Å². The van der Waals surface area contributed by atoms with E-state index in [0.717, 1.165) is 51.7 Å². The predicted octanol–water partition coefficient (Wildman–Crippen LogP) is 14.3. The van der Waals surface area contributed by atoms with E-state index in [4.69, 9.17) is 9.15 Å². The topological polar surface area (TPSA) is 22.4 Å². The number of rotatable bonds is 6. The van der Waals surface area contributed by atoms with Crippen LogP contribution in [0.4, 0.5) is 0 Å². The van der Waals surface area contributed by atoms with E-state index < -0.39 is 0 Å². The zero-order chi connectivity index (χ0) is 36.2. The SMILES string of the molecule is C/C(=C\C=C/Cc1ccc2ccccc2c1)c1c2ccccc2c(/C(C)=C/C=C2\Cc3cc4cc5c(cc4cc3O2)oc2ccccc25)c2ccccc12. The first-order valence-corrected chi connectivity index (χ1v) is 18.8. The smallest absolute Gasteiger partial charge is 0.136 e. The monoisotopic (exact) mass is 694 g/mol. The van der Waals surface area contributed by atoms with Crippen molar-refractivity contribution in [3.05, 3.63) is 198 Å². The van der Waals surface area contributed by atoms with Gasteiger partial charge in [-0.25, -0.2) is 0 Å². The molecule has 2 nitrogen and oxygen atoms in total. The zero-order valence-electron chi connectivity index (χ0n) is 30.4. The van der Waals surface area contributed by atoms with Crippen molar-refractivity contribution in [2.75, 3.05) is 0 Å². The number of para-hydroxylation sites is 1. The molecule has 0 fully saturated rings. The van der Waals surface area contributed by atoms with E-state index in [1.807, 2.05) is 12.1 Å². The van der Waals surface area contributed by atoms with Crippen LogP contribution < -0.4 is 4.74 Å². The summed E-state index contributed by atoms with van der Waals surface area (Å²) in [4.78, 5) is 0. The molecule has 10 rings (SSSR count). The van der Waals surface area contributed by atoms with Gasteiger partial charge in [-0.3, -0.25) is 0 Å². The van der Waals surface area contributed by atoms with Crippen LogP contribution in [-0.2, 0) is 12.8 Å². The Morgan fingerprint density at radius 1 is 0.537 bits per heavy atom. The number of hydrogen-bond acceptors (Lipinski definition) is 2. The third-order valence-electron chi connectivity index (χ3n) is 11.0. The summed E-state index contributed by atoms with van der Waals surface area (Å²) in [5.41, 5.74) is 9.35. The van der Waals surface area contributed by atoms with E-state index in [9.17, 15) is 0 Å². The third kappa shape index (κ3) is 5.59. The lowest BCUT2D eigenvalue weighted by atomic mass is 9.86. The average Bonchev–Trinajstić information content (AvgIpc) is 3.78. The highest BCUT2D eigenvalue weighted by Crippen LogP contribution is 2.41. The zero-order valence-corrected chi connectivity index (χ0v) is 30.4. The second kappa shape index (κ2) is 13.1. The van der Waals surface area contributed by atoms with E-state index in [2.05, 4.69) is 172 Å². The number of allylic oxidation sites excluding steroid dienone is 8. The molecule has 0 unspecified atom stereocenters. The molecule has 0 bridgehead atoms. The molecule has 1 aromatic heterocycles. The highest BCUT2D eigenvalue weighted by molar-refractivity contribution is 6.16. The summed E-state index contributed by atoms with van der Waals surface area (Å²) in [6, 6.07) is 50.0. The second-order valence-corrected chi connectivity index (χ2v) is 14.5. The number of fused-ring (bicyclic) bond motifs is 8. The van der Waals surface area contributed by atoms with Crippen LogP contribution in [0.25, 0.3) is 76.2 Å². The van der Waals surface area contributed by atoms with Gasteiger partial charge in [0.25, 0.3) is 0 Å². The van der Waals surface area contributed by atoms with Gasteiger partial charge in [0.15, 0.2) is 0 Å². The fourth-order valence-corrected chi connectivity index (χ4v) is 8.38. The maximum atomic E-state index is 6.46. The molecular formula is C52H38O2. The van der Waals surface area contributed by atoms with Crippen LogP contribution >= 0.6 is 0 Å². The molecule has 54 heavy (non-hydrogen) atoms. The Morgan fingerprint density at radius 3 is 1.91 bits per heavy atom. The van der Waals surface area contributed by atoms with E-state index >= 15 is 0 Å². The van der Waals surface area contributed by atoms with Crippen molar-refractivity contribution in [1.29, 1.82) is 0 Å². The third-order valence-corrected chi connectivity index (χ3v) is 11.0. The molecule has 9 aromatic rings. The van der Waals surface area contributed by atoms with Gasteiger partial charge in [-0.15, -0.1) is 0 Å². The van der Waals surface area contributed by atoms with Crippen LogP contribution in [-0.4, -0.2) is 0 Å². The van der Waals surface area contributed by atoms with Gasteiger partial charge in [0.1, 0.15) is 22.7 Å². The van der Waals surface area contributed by atoms with Crippen LogP contribution in [0.1, 0.15) is 36.1 Å². The van der Waals surface area contributed by atoms with Gasteiger partial charge in [0.2, 0.25) is 0 Å². The predicted molar refractivity (Wildman–Crippen MR) is 229 cm³/mol. The molecule has 2 heteroatoms. The van der Waals surface area contributed by atoms with E-state index in [0.29, 0.717) is 0 Å². The molecule has 8 aromatic carbocycles. The molecule has 0 atom stereocenters. The van der Waals surface area contributed by atoms with Crippen LogP contribution in [0.15, 0.2) is 180 Å². The Labute approximate surface area is 314 Å². The molecule has 0 saturated heterocycles. The summed E-state index contributed by atoms with van der Waals surface area (Å²) in [6.07, 6.45) is 12.8. The summed E-state index contributed by atoms with van der Waals surface area (Å²) >= 11 is 0. The van der Waals surface area contributed by atoms with Gasteiger partial charge in [-0.1, -0.05) is 133 Å². The molecule has 0 radical (unpaired) electrons. The number of hydrogen-bond donors (Lipinski definition) is 0. The minimum Gasteiger partial charge on any atom is -0.461 e. The van der Waals surface area contributed by atoms with Crippen molar-refractivity contribution in [1.82, 2.24) is 0 Å². The van der Waals surface area contributed by atoms with Crippen molar-refractivity contribution < 1.29 is 9.15 Å². The van der Waals surface area contributed by atoms with Gasteiger partial charge >= 0.3 is 0 Å². The first kappa shape index (κ1) is 32.0. The Bertz CT molecular complexity index is 3030. The van der Waals surface area contributed by atoms with Crippen LogP contribution in [0.3, 0.4) is 0 Å². The van der Waals surface area contributed by atoms with Gasteiger partial charge in [-0.2, -0.15) is 0 Å². The van der Waals surface area contributed by atoms with Crippen molar-refractivity contribution in [2.45, 2.75) is 26.7 Å². The first-order valence-electron chi connectivity index (χ1n) is 18.8. The number of furan rings is 1. The van der Waals surface area contributed by atoms with Crippen LogP contribution in [0.5, 0.6) is 5.75 Å².